The van der Waals surface area contributed by atoms with Crippen molar-refractivity contribution >= 4 is 28.7 Å². The molecule has 0 fully saturated rings. The molecular weight excluding hydrogens is 262 g/mol. The van der Waals surface area contributed by atoms with E-state index >= 15 is 0 Å². The Bertz CT molecular complexity index is 650. The molecule has 0 amide bonds. The molecule has 5 heteroatoms. The molecule has 0 bridgehead atoms. The smallest absolute Gasteiger partial charge is 0.137 e. The zero-order valence-electron chi connectivity index (χ0n) is 10.3. The van der Waals surface area contributed by atoms with Crippen molar-refractivity contribution in [2.24, 2.45) is 0 Å². The van der Waals surface area contributed by atoms with E-state index in [1.165, 1.54) is 0 Å². The summed E-state index contributed by atoms with van der Waals surface area (Å²) in [5.74, 6) is 0.611. The molecule has 2 aromatic rings. The molecule has 0 unspecified atom stereocenters. The third kappa shape index (κ3) is 2.90. The van der Waals surface area contributed by atoms with E-state index in [1.807, 2.05) is 12.1 Å². The summed E-state index contributed by atoms with van der Waals surface area (Å²) in [5.41, 5.74) is 8.41. The summed E-state index contributed by atoms with van der Waals surface area (Å²) < 4.78 is 5.08. The Morgan fingerprint density at radius 2 is 2.05 bits per heavy atom. The maximum Gasteiger partial charge on any atom is 0.137 e. The molecule has 0 aliphatic carbocycles. The number of nitrogen functional groups attached to an aromatic ring is 1. The van der Waals surface area contributed by atoms with Crippen LogP contribution in [0.2, 0.25) is 5.02 Å². The number of nitrogens with two attached hydrogens (primary N) is 1. The maximum atomic E-state index is 8.78. The first kappa shape index (κ1) is 13.1. The summed E-state index contributed by atoms with van der Waals surface area (Å²) in [6, 6.07) is 12.5. The first-order valence-corrected chi connectivity index (χ1v) is 5.92. The molecule has 0 aromatic heterocycles. The van der Waals surface area contributed by atoms with Crippen molar-refractivity contribution in [1.82, 2.24) is 0 Å². The van der Waals surface area contributed by atoms with Gasteiger partial charge in [-0.05, 0) is 36.4 Å². The number of rotatable bonds is 3. The second-order valence-corrected chi connectivity index (χ2v) is 4.30. The van der Waals surface area contributed by atoms with Crippen LogP contribution in [0.1, 0.15) is 5.56 Å². The Hall–Kier alpha value is -2.38. The van der Waals surface area contributed by atoms with Gasteiger partial charge >= 0.3 is 0 Å². The Labute approximate surface area is 116 Å². The monoisotopic (exact) mass is 273 g/mol. The molecule has 4 nitrogen and oxygen atoms in total. The van der Waals surface area contributed by atoms with Crippen molar-refractivity contribution in [2.75, 3.05) is 18.2 Å². The maximum absolute atomic E-state index is 8.78. The number of methoxy groups -OCH3 is 1. The molecule has 2 aromatic carbocycles. The van der Waals surface area contributed by atoms with Crippen molar-refractivity contribution in [2.45, 2.75) is 0 Å². The van der Waals surface area contributed by atoms with Crippen molar-refractivity contribution < 1.29 is 4.74 Å². The summed E-state index contributed by atoms with van der Waals surface area (Å²) in [4.78, 5) is 0. The standard InChI is InChI=1S/C14H12ClN3O/c1-19-14-5-3-10(7-11(14)15)18-13-4-2-9(8-16)6-12(13)17/h2-7,18H,17H2,1H3. The topological polar surface area (TPSA) is 71.1 Å². The highest BCUT2D eigenvalue weighted by Crippen LogP contribution is 2.30. The fourth-order valence-corrected chi connectivity index (χ4v) is 1.90. The largest absolute Gasteiger partial charge is 0.495 e. The quantitative estimate of drug-likeness (QED) is 0.839. The summed E-state index contributed by atoms with van der Waals surface area (Å²) in [5, 5.41) is 12.4. The fraction of sp³-hybridized carbons (Fsp3) is 0.0714. The van der Waals surface area contributed by atoms with Crippen LogP contribution in [0.4, 0.5) is 17.1 Å². The zero-order chi connectivity index (χ0) is 13.8. The number of hydrogen-bond donors (Lipinski definition) is 2. The van der Waals surface area contributed by atoms with Gasteiger partial charge < -0.3 is 15.8 Å². The predicted molar refractivity (Wildman–Crippen MR) is 76.9 cm³/mol. The number of nitrogens with one attached hydrogen (secondary N) is 1. The highest BCUT2D eigenvalue weighted by atomic mass is 35.5. The lowest BCUT2D eigenvalue weighted by Gasteiger charge is -2.11. The lowest BCUT2D eigenvalue weighted by Crippen LogP contribution is -1.97. The summed E-state index contributed by atoms with van der Waals surface area (Å²) in [6.07, 6.45) is 0. The van der Waals surface area contributed by atoms with Crippen LogP contribution < -0.4 is 15.8 Å². The first-order chi connectivity index (χ1) is 9.13. The van der Waals surface area contributed by atoms with Gasteiger partial charge in [0.15, 0.2) is 0 Å². The van der Waals surface area contributed by atoms with Crippen molar-refractivity contribution in [3.05, 3.63) is 47.0 Å². The van der Waals surface area contributed by atoms with E-state index in [2.05, 4.69) is 5.32 Å². The number of nitriles is 1. The average Bonchev–Trinajstić information content (AvgIpc) is 2.41. The number of ether oxygens (including phenoxy) is 1. The third-order valence-electron chi connectivity index (χ3n) is 2.61. The molecule has 2 rings (SSSR count). The number of nitrogens with zero attached hydrogens (tertiary/aromatic N) is 1. The molecule has 3 N–H and O–H groups in total. The second kappa shape index (κ2) is 5.51. The molecular formula is C14H12ClN3O. The minimum absolute atomic E-state index is 0.506. The van der Waals surface area contributed by atoms with Crippen molar-refractivity contribution in [3.63, 3.8) is 0 Å². The van der Waals surface area contributed by atoms with Crippen LogP contribution in [0.25, 0.3) is 0 Å². The van der Waals surface area contributed by atoms with Crippen LogP contribution >= 0.6 is 11.6 Å². The van der Waals surface area contributed by atoms with Gasteiger partial charge in [0.2, 0.25) is 0 Å². The third-order valence-corrected chi connectivity index (χ3v) is 2.91. The molecule has 0 aliphatic rings. The lowest BCUT2D eigenvalue weighted by atomic mass is 10.2. The highest BCUT2D eigenvalue weighted by molar-refractivity contribution is 6.32. The first-order valence-electron chi connectivity index (χ1n) is 5.54. The normalized spacial score (nSPS) is 9.74. The van der Waals surface area contributed by atoms with Crippen molar-refractivity contribution in [3.8, 4) is 11.8 Å². The van der Waals surface area contributed by atoms with Gasteiger partial charge in [-0.25, -0.2) is 0 Å². The van der Waals surface area contributed by atoms with E-state index in [1.54, 1.807) is 37.4 Å². The minimum atomic E-state index is 0.506. The van der Waals surface area contributed by atoms with Crippen LogP contribution in [-0.2, 0) is 0 Å². The SMILES string of the molecule is COc1ccc(Nc2ccc(C#N)cc2N)cc1Cl. The van der Waals surface area contributed by atoms with E-state index in [-0.39, 0.29) is 0 Å². The molecule has 0 radical (unpaired) electrons. The van der Waals surface area contributed by atoms with E-state index in [9.17, 15) is 0 Å². The van der Waals surface area contributed by atoms with E-state index in [0.29, 0.717) is 22.0 Å². The molecule has 96 valence electrons. The number of hydrogen-bond acceptors (Lipinski definition) is 4. The predicted octanol–water partition coefficient (Wildman–Crippen LogP) is 3.55. The number of halogens is 1. The number of benzene rings is 2. The van der Waals surface area contributed by atoms with Gasteiger partial charge in [-0.15, -0.1) is 0 Å². The van der Waals surface area contributed by atoms with Crippen LogP contribution in [0.3, 0.4) is 0 Å². The molecule has 0 aliphatic heterocycles. The number of anilines is 3. The minimum Gasteiger partial charge on any atom is -0.495 e. The van der Waals surface area contributed by atoms with Gasteiger partial charge in [-0.2, -0.15) is 5.26 Å². The molecule has 0 heterocycles. The summed E-state index contributed by atoms with van der Waals surface area (Å²) >= 11 is 6.04. The second-order valence-electron chi connectivity index (χ2n) is 3.89. The zero-order valence-corrected chi connectivity index (χ0v) is 11.0. The highest BCUT2D eigenvalue weighted by Gasteiger charge is 2.04. The average molecular weight is 274 g/mol. The van der Waals surface area contributed by atoms with Gasteiger partial charge in [0, 0.05) is 5.69 Å². The van der Waals surface area contributed by atoms with Gasteiger partial charge in [-0.3, -0.25) is 0 Å². The molecule has 0 saturated carbocycles. The molecule has 0 spiro atoms. The van der Waals surface area contributed by atoms with Crippen LogP contribution in [0, 0.1) is 11.3 Å². The summed E-state index contributed by atoms with van der Waals surface area (Å²) in [7, 11) is 1.56. The van der Waals surface area contributed by atoms with Gasteiger partial charge in [0.05, 0.1) is 35.1 Å². The van der Waals surface area contributed by atoms with E-state index in [0.717, 1.165) is 11.4 Å². The Balaban J connectivity index is 2.26. The van der Waals surface area contributed by atoms with Crippen LogP contribution in [0.5, 0.6) is 5.75 Å². The Morgan fingerprint density at radius 1 is 1.26 bits per heavy atom. The van der Waals surface area contributed by atoms with Gasteiger partial charge in [0.25, 0.3) is 0 Å². The molecule has 19 heavy (non-hydrogen) atoms. The van der Waals surface area contributed by atoms with Gasteiger partial charge in [0.1, 0.15) is 5.75 Å². The fourth-order valence-electron chi connectivity index (χ4n) is 1.65. The molecule has 0 saturated heterocycles. The van der Waals surface area contributed by atoms with Crippen LogP contribution in [-0.4, -0.2) is 7.11 Å². The summed E-state index contributed by atoms with van der Waals surface area (Å²) in [6.45, 7) is 0. The van der Waals surface area contributed by atoms with E-state index < -0.39 is 0 Å². The van der Waals surface area contributed by atoms with E-state index in [4.69, 9.17) is 27.3 Å². The Morgan fingerprint density at radius 3 is 2.63 bits per heavy atom. The van der Waals surface area contributed by atoms with Crippen LogP contribution in [0.15, 0.2) is 36.4 Å². The van der Waals surface area contributed by atoms with Crippen molar-refractivity contribution in [1.29, 1.82) is 5.26 Å². The Kier molecular flexibility index (Phi) is 3.79. The lowest BCUT2D eigenvalue weighted by molar-refractivity contribution is 0.415. The molecule has 0 atom stereocenters. The van der Waals surface area contributed by atoms with Gasteiger partial charge in [-0.1, -0.05) is 11.6 Å².